The summed E-state index contributed by atoms with van der Waals surface area (Å²) in [6, 6.07) is 18.2. The fraction of sp³-hybridized carbons (Fsp3) is 0.429. The van der Waals surface area contributed by atoms with E-state index in [-0.39, 0.29) is 11.9 Å². The van der Waals surface area contributed by atoms with Crippen LogP contribution in [0.2, 0.25) is 0 Å². The molecule has 0 saturated carbocycles. The molecule has 1 aliphatic rings. The Morgan fingerprint density at radius 2 is 1.94 bits per heavy atom. The molecule has 6 heteroatoms. The van der Waals surface area contributed by atoms with Gasteiger partial charge in [-0.3, -0.25) is 4.79 Å². The second kappa shape index (κ2) is 11.3. The first kappa shape index (κ1) is 24.0. The minimum atomic E-state index is -0.0865. The Morgan fingerprint density at radius 1 is 1.12 bits per heavy atom. The molecule has 1 aromatic heterocycles. The number of carbonyl (C=O) groups is 1. The number of esters is 1. The van der Waals surface area contributed by atoms with Gasteiger partial charge in [-0.1, -0.05) is 37.3 Å². The van der Waals surface area contributed by atoms with Gasteiger partial charge in [-0.2, -0.15) is 0 Å². The zero-order valence-electron chi connectivity index (χ0n) is 20.3. The number of ether oxygens (including phenoxy) is 2. The number of aromatic nitrogens is 1. The van der Waals surface area contributed by atoms with Crippen molar-refractivity contribution >= 4 is 5.97 Å². The molecule has 3 aromatic rings. The van der Waals surface area contributed by atoms with Gasteiger partial charge >= 0.3 is 5.97 Å². The summed E-state index contributed by atoms with van der Waals surface area (Å²) >= 11 is 0. The first-order valence-corrected chi connectivity index (χ1v) is 12.1. The number of hydrogen-bond donors (Lipinski definition) is 0. The molecule has 4 rings (SSSR count). The van der Waals surface area contributed by atoms with Crippen LogP contribution < -0.4 is 4.74 Å². The molecule has 1 aliphatic heterocycles. The summed E-state index contributed by atoms with van der Waals surface area (Å²) in [5, 5.41) is 0. The van der Waals surface area contributed by atoms with Gasteiger partial charge in [0.1, 0.15) is 11.5 Å². The molecule has 0 radical (unpaired) electrons. The van der Waals surface area contributed by atoms with E-state index in [1.165, 1.54) is 12.7 Å². The van der Waals surface area contributed by atoms with Crippen molar-refractivity contribution in [3.63, 3.8) is 0 Å². The summed E-state index contributed by atoms with van der Waals surface area (Å²) in [4.78, 5) is 19.2. The largest absolute Gasteiger partial charge is 0.493 e. The lowest BCUT2D eigenvalue weighted by Crippen LogP contribution is -2.25. The zero-order chi connectivity index (χ0) is 23.9. The first-order valence-electron chi connectivity index (χ1n) is 12.1. The van der Waals surface area contributed by atoms with E-state index in [9.17, 15) is 4.79 Å². The Morgan fingerprint density at radius 3 is 2.71 bits per heavy atom. The molecule has 0 N–H and O–H groups in total. The average molecular weight is 463 g/mol. The maximum absolute atomic E-state index is 12.2. The van der Waals surface area contributed by atoms with Crippen LogP contribution in [0.25, 0.3) is 11.5 Å². The van der Waals surface area contributed by atoms with Gasteiger partial charge in [0, 0.05) is 25.1 Å². The molecule has 2 atom stereocenters. The number of likely N-dealkylation sites (tertiary alicyclic amines) is 1. The van der Waals surface area contributed by atoms with Gasteiger partial charge in [0.25, 0.3) is 0 Å². The highest BCUT2D eigenvalue weighted by Gasteiger charge is 2.37. The van der Waals surface area contributed by atoms with Crippen LogP contribution in [-0.2, 0) is 22.4 Å². The van der Waals surface area contributed by atoms with Gasteiger partial charge in [-0.25, -0.2) is 4.98 Å². The van der Waals surface area contributed by atoms with Crippen molar-refractivity contribution in [3.05, 3.63) is 71.6 Å². The van der Waals surface area contributed by atoms with Crippen molar-refractivity contribution in [1.82, 2.24) is 9.88 Å². The molecule has 2 aromatic carbocycles. The highest BCUT2D eigenvalue weighted by atomic mass is 16.5. The van der Waals surface area contributed by atoms with Gasteiger partial charge in [0.05, 0.1) is 25.3 Å². The predicted molar refractivity (Wildman–Crippen MR) is 132 cm³/mol. The quantitative estimate of drug-likeness (QED) is 0.398. The number of hydrogen-bond acceptors (Lipinski definition) is 6. The summed E-state index contributed by atoms with van der Waals surface area (Å²) in [6.45, 7) is 7.33. The van der Waals surface area contributed by atoms with Crippen LogP contribution in [0, 0.1) is 18.8 Å². The zero-order valence-corrected chi connectivity index (χ0v) is 20.3. The molecule has 1 saturated heterocycles. The second-order valence-electron chi connectivity index (χ2n) is 8.91. The van der Waals surface area contributed by atoms with E-state index in [4.69, 9.17) is 13.9 Å². The number of rotatable bonds is 10. The molecule has 2 heterocycles. The molecule has 0 unspecified atom stereocenters. The lowest BCUT2D eigenvalue weighted by Gasteiger charge is -2.16. The monoisotopic (exact) mass is 462 g/mol. The fourth-order valence-corrected chi connectivity index (χ4v) is 4.70. The SMILES string of the molecule is CCN1C[C@@H](CCc2cccc(OCCc3nc(-c4ccccc4)oc3C)c2)[C@H](C(=O)OC)C1. The maximum atomic E-state index is 12.2. The van der Waals surface area contributed by atoms with Crippen LogP contribution in [0.15, 0.2) is 59.0 Å². The molecule has 34 heavy (non-hydrogen) atoms. The topological polar surface area (TPSA) is 64.8 Å². The predicted octanol–water partition coefficient (Wildman–Crippen LogP) is 4.95. The van der Waals surface area contributed by atoms with E-state index in [2.05, 4.69) is 28.9 Å². The van der Waals surface area contributed by atoms with E-state index in [1.54, 1.807) is 0 Å². The number of methoxy groups -OCH3 is 1. The average Bonchev–Trinajstić information content (AvgIpc) is 3.46. The first-order chi connectivity index (χ1) is 16.6. The lowest BCUT2D eigenvalue weighted by molar-refractivity contribution is -0.146. The highest BCUT2D eigenvalue weighted by molar-refractivity contribution is 5.73. The van der Waals surface area contributed by atoms with Crippen LogP contribution in [0.1, 0.15) is 30.4 Å². The fourth-order valence-electron chi connectivity index (χ4n) is 4.70. The lowest BCUT2D eigenvalue weighted by atomic mass is 9.90. The van der Waals surface area contributed by atoms with E-state index in [0.29, 0.717) is 24.8 Å². The summed E-state index contributed by atoms with van der Waals surface area (Å²) < 4.78 is 16.9. The van der Waals surface area contributed by atoms with Gasteiger partial charge in [-0.15, -0.1) is 0 Å². The van der Waals surface area contributed by atoms with E-state index in [0.717, 1.165) is 55.2 Å². The minimum absolute atomic E-state index is 0.0316. The van der Waals surface area contributed by atoms with Gasteiger partial charge in [0.15, 0.2) is 0 Å². The third-order valence-electron chi connectivity index (χ3n) is 6.69. The van der Waals surface area contributed by atoms with Crippen LogP contribution in [0.5, 0.6) is 5.75 Å². The molecule has 0 aliphatic carbocycles. The number of carbonyl (C=O) groups excluding carboxylic acids is 1. The van der Waals surface area contributed by atoms with Crippen LogP contribution in [-0.4, -0.2) is 49.2 Å². The smallest absolute Gasteiger partial charge is 0.310 e. The molecule has 0 amide bonds. The van der Waals surface area contributed by atoms with Crippen molar-refractivity contribution in [2.24, 2.45) is 11.8 Å². The van der Waals surface area contributed by atoms with Crippen molar-refractivity contribution in [2.45, 2.75) is 33.1 Å². The number of oxazole rings is 1. The molecule has 1 fully saturated rings. The van der Waals surface area contributed by atoms with Crippen LogP contribution >= 0.6 is 0 Å². The Kier molecular flexibility index (Phi) is 8.01. The van der Waals surface area contributed by atoms with Crippen molar-refractivity contribution in [3.8, 4) is 17.2 Å². The summed E-state index contributed by atoms with van der Waals surface area (Å²) in [5.74, 6) is 2.54. The molecule has 0 bridgehead atoms. The molecule has 0 spiro atoms. The summed E-state index contributed by atoms with van der Waals surface area (Å²) in [7, 11) is 1.48. The molecule has 180 valence electrons. The molecule has 6 nitrogen and oxygen atoms in total. The second-order valence-corrected chi connectivity index (χ2v) is 8.91. The summed E-state index contributed by atoms with van der Waals surface area (Å²) in [5.41, 5.74) is 3.12. The highest BCUT2D eigenvalue weighted by Crippen LogP contribution is 2.29. The van der Waals surface area contributed by atoms with Crippen molar-refractivity contribution in [1.29, 1.82) is 0 Å². The van der Waals surface area contributed by atoms with E-state index in [1.807, 2.05) is 49.4 Å². The third-order valence-corrected chi connectivity index (χ3v) is 6.69. The number of nitrogens with zero attached hydrogens (tertiary/aromatic N) is 2. The third kappa shape index (κ3) is 5.86. The van der Waals surface area contributed by atoms with Gasteiger partial charge in [0.2, 0.25) is 5.89 Å². The normalized spacial score (nSPS) is 18.2. The molecular weight excluding hydrogens is 428 g/mol. The Hall–Kier alpha value is -3.12. The van der Waals surface area contributed by atoms with Gasteiger partial charge < -0.3 is 18.8 Å². The van der Waals surface area contributed by atoms with E-state index < -0.39 is 0 Å². The Balaban J connectivity index is 1.30. The maximum Gasteiger partial charge on any atom is 0.310 e. The van der Waals surface area contributed by atoms with Crippen LogP contribution in [0.4, 0.5) is 0 Å². The van der Waals surface area contributed by atoms with Crippen molar-refractivity contribution in [2.75, 3.05) is 33.4 Å². The number of benzene rings is 2. The Labute approximate surface area is 201 Å². The minimum Gasteiger partial charge on any atom is -0.493 e. The van der Waals surface area contributed by atoms with E-state index >= 15 is 0 Å². The number of aryl methyl sites for hydroxylation is 2. The van der Waals surface area contributed by atoms with Crippen molar-refractivity contribution < 1.29 is 18.7 Å². The van der Waals surface area contributed by atoms with Gasteiger partial charge in [-0.05, 0) is 62.1 Å². The standard InChI is InChI=1S/C28H34N2O4/c1-4-30-18-23(25(19-30)28(31)32-3)14-13-21-9-8-12-24(17-21)33-16-15-26-20(2)34-27(29-26)22-10-6-5-7-11-22/h5-12,17,23,25H,4,13-16,18-19H2,1-3H3/t23-,25-/m1/s1. The summed E-state index contributed by atoms with van der Waals surface area (Å²) in [6.07, 6.45) is 2.55. The van der Waals surface area contributed by atoms with Crippen LogP contribution in [0.3, 0.4) is 0 Å². The molecular formula is C28H34N2O4. The Bertz CT molecular complexity index is 1080.